The van der Waals surface area contributed by atoms with E-state index in [-0.39, 0.29) is 5.78 Å². The summed E-state index contributed by atoms with van der Waals surface area (Å²) in [5.41, 5.74) is -1.19. The van der Waals surface area contributed by atoms with E-state index in [2.05, 4.69) is 0 Å². The van der Waals surface area contributed by atoms with Gasteiger partial charge in [0.05, 0.1) is 6.26 Å². The first kappa shape index (κ1) is 6.99. The number of carbonyl (C=O) groups is 2. The van der Waals surface area contributed by atoms with Crippen LogP contribution in [-0.4, -0.2) is 17.7 Å². The molecule has 0 radical (unpaired) electrons. The molecule has 0 aromatic rings. The largest absolute Gasteiger partial charge is 0.480 e. The molecule has 0 saturated heterocycles. The quantitative estimate of drug-likeness (QED) is 0.413. The molecular formula is C7H8O3. The van der Waals surface area contributed by atoms with Crippen LogP contribution in [0, 0.1) is 0 Å². The number of hydrogen-bond donors (Lipinski definition) is 0. The van der Waals surface area contributed by atoms with Gasteiger partial charge in [0.2, 0.25) is 5.60 Å². The fourth-order valence-electron chi connectivity index (χ4n) is 0.826. The zero-order chi connectivity index (χ0) is 7.61. The van der Waals surface area contributed by atoms with Gasteiger partial charge >= 0.3 is 0 Å². The van der Waals surface area contributed by atoms with Gasteiger partial charge in [-0.3, -0.25) is 9.59 Å². The maximum atomic E-state index is 10.8. The molecular weight excluding hydrogens is 132 g/mol. The zero-order valence-corrected chi connectivity index (χ0v) is 5.66. The van der Waals surface area contributed by atoms with Gasteiger partial charge in [-0.1, -0.05) is 0 Å². The highest BCUT2D eigenvalue weighted by Crippen LogP contribution is 2.21. The van der Waals surface area contributed by atoms with Crippen molar-refractivity contribution in [2.45, 2.75) is 18.9 Å². The van der Waals surface area contributed by atoms with Crippen molar-refractivity contribution < 1.29 is 14.3 Å². The average Bonchev–Trinajstić information content (AvgIpc) is 2.35. The van der Waals surface area contributed by atoms with E-state index >= 15 is 0 Å². The molecule has 0 aliphatic carbocycles. The number of ketones is 1. The zero-order valence-electron chi connectivity index (χ0n) is 5.66. The van der Waals surface area contributed by atoms with Gasteiger partial charge < -0.3 is 4.74 Å². The Balaban J connectivity index is 2.80. The third-order valence-corrected chi connectivity index (χ3v) is 1.58. The lowest BCUT2D eigenvalue weighted by molar-refractivity contribution is -0.140. The smallest absolute Gasteiger partial charge is 0.223 e. The number of rotatable bonds is 2. The Morgan fingerprint density at radius 2 is 2.50 bits per heavy atom. The van der Waals surface area contributed by atoms with Gasteiger partial charge in [0.25, 0.3) is 0 Å². The summed E-state index contributed by atoms with van der Waals surface area (Å²) < 4.78 is 4.85. The van der Waals surface area contributed by atoms with E-state index in [9.17, 15) is 9.59 Å². The number of ether oxygens (including phenoxy) is 1. The second-order valence-electron chi connectivity index (χ2n) is 2.26. The molecule has 0 N–H and O–H groups in total. The second-order valence-corrected chi connectivity index (χ2v) is 2.26. The summed E-state index contributed by atoms with van der Waals surface area (Å²) >= 11 is 0. The van der Waals surface area contributed by atoms with Gasteiger partial charge in [0.15, 0.2) is 12.1 Å². The third-order valence-electron chi connectivity index (χ3n) is 1.58. The lowest BCUT2D eigenvalue weighted by atomic mass is 9.99. The molecule has 0 fully saturated rings. The van der Waals surface area contributed by atoms with Crippen molar-refractivity contribution in [3.8, 4) is 0 Å². The Labute approximate surface area is 58.7 Å². The topological polar surface area (TPSA) is 43.4 Å². The van der Waals surface area contributed by atoms with Crippen LogP contribution in [0.4, 0.5) is 0 Å². The Morgan fingerprint density at radius 1 is 1.80 bits per heavy atom. The van der Waals surface area contributed by atoms with Gasteiger partial charge in [0, 0.05) is 6.42 Å². The normalized spacial score (nSPS) is 29.7. The molecule has 0 amide bonds. The average molecular weight is 140 g/mol. The van der Waals surface area contributed by atoms with Crippen LogP contribution in [0.5, 0.6) is 0 Å². The third kappa shape index (κ3) is 0.835. The van der Waals surface area contributed by atoms with Gasteiger partial charge in [-0.2, -0.15) is 0 Å². The predicted octanol–water partition coefficient (Wildman–Crippen LogP) is 0.447. The second kappa shape index (κ2) is 2.25. The first-order valence-electron chi connectivity index (χ1n) is 3.01. The minimum atomic E-state index is -1.19. The molecule has 1 unspecified atom stereocenters. The molecule has 0 aromatic heterocycles. The van der Waals surface area contributed by atoms with Gasteiger partial charge in [0.1, 0.15) is 0 Å². The van der Waals surface area contributed by atoms with Gasteiger partial charge in [-0.25, -0.2) is 0 Å². The van der Waals surface area contributed by atoms with E-state index in [0.29, 0.717) is 12.7 Å². The highest BCUT2D eigenvalue weighted by molar-refractivity contribution is 6.00. The summed E-state index contributed by atoms with van der Waals surface area (Å²) in [6.07, 6.45) is 3.97. The SMILES string of the molecule is CC(=O)C1(C=O)CC=CO1. The summed E-state index contributed by atoms with van der Waals surface area (Å²) in [6.45, 7) is 1.35. The Morgan fingerprint density at radius 3 is 2.70 bits per heavy atom. The monoisotopic (exact) mass is 140 g/mol. The Bertz CT molecular complexity index is 185. The number of hydrogen-bond acceptors (Lipinski definition) is 3. The van der Waals surface area contributed by atoms with Crippen LogP contribution in [0.1, 0.15) is 13.3 Å². The molecule has 1 aliphatic heterocycles. The van der Waals surface area contributed by atoms with E-state index in [1.165, 1.54) is 13.2 Å². The number of carbonyl (C=O) groups excluding carboxylic acids is 2. The summed E-state index contributed by atoms with van der Waals surface area (Å²) in [5, 5.41) is 0. The molecule has 0 saturated carbocycles. The van der Waals surface area contributed by atoms with Crippen molar-refractivity contribution in [2.24, 2.45) is 0 Å². The van der Waals surface area contributed by atoms with Crippen molar-refractivity contribution in [1.82, 2.24) is 0 Å². The summed E-state index contributed by atoms with van der Waals surface area (Å²) in [5.74, 6) is -0.243. The fraction of sp³-hybridized carbons (Fsp3) is 0.429. The van der Waals surface area contributed by atoms with Crippen LogP contribution >= 0.6 is 0 Å². The fourth-order valence-corrected chi connectivity index (χ4v) is 0.826. The van der Waals surface area contributed by atoms with E-state index < -0.39 is 5.60 Å². The standard InChI is InChI=1S/C7H8O3/c1-6(9)7(5-8)3-2-4-10-7/h2,4-5H,3H2,1H3. The first-order valence-corrected chi connectivity index (χ1v) is 3.01. The molecule has 3 nitrogen and oxygen atoms in total. The van der Waals surface area contributed by atoms with Crippen LogP contribution in [0.3, 0.4) is 0 Å². The minimum absolute atomic E-state index is 0.243. The highest BCUT2D eigenvalue weighted by atomic mass is 16.5. The molecule has 54 valence electrons. The van der Waals surface area contributed by atoms with Gasteiger partial charge in [-0.15, -0.1) is 0 Å². The maximum absolute atomic E-state index is 10.8. The summed E-state index contributed by atoms with van der Waals surface area (Å²) in [6, 6.07) is 0. The molecule has 0 bridgehead atoms. The van der Waals surface area contributed by atoms with Crippen molar-refractivity contribution >= 4 is 12.1 Å². The predicted molar refractivity (Wildman–Crippen MR) is 34.3 cm³/mol. The summed E-state index contributed by atoms with van der Waals surface area (Å²) in [4.78, 5) is 21.2. The molecule has 1 atom stereocenters. The molecule has 3 heteroatoms. The number of aldehydes is 1. The van der Waals surface area contributed by atoms with Crippen molar-refractivity contribution in [3.63, 3.8) is 0 Å². The van der Waals surface area contributed by atoms with Crippen molar-refractivity contribution in [1.29, 1.82) is 0 Å². The van der Waals surface area contributed by atoms with Crippen LogP contribution < -0.4 is 0 Å². The van der Waals surface area contributed by atoms with E-state index in [0.717, 1.165) is 0 Å². The lowest BCUT2D eigenvalue weighted by Gasteiger charge is -2.17. The maximum Gasteiger partial charge on any atom is 0.223 e. The Kier molecular flexibility index (Phi) is 1.57. The molecule has 10 heavy (non-hydrogen) atoms. The van der Waals surface area contributed by atoms with Crippen molar-refractivity contribution in [3.05, 3.63) is 12.3 Å². The number of Topliss-reactive ketones (excluding diaryl/α,β-unsaturated/α-hetero) is 1. The van der Waals surface area contributed by atoms with Crippen LogP contribution in [-0.2, 0) is 14.3 Å². The molecule has 0 aromatic carbocycles. The van der Waals surface area contributed by atoms with Crippen LogP contribution in [0.25, 0.3) is 0 Å². The molecule has 1 rings (SSSR count). The van der Waals surface area contributed by atoms with E-state index in [1.54, 1.807) is 6.08 Å². The van der Waals surface area contributed by atoms with Crippen LogP contribution in [0.15, 0.2) is 12.3 Å². The first-order chi connectivity index (χ1) is 4.71. The molecule has 0 spiro atoms. The van der Waals surface area contributed by atoms with Gasteiger partial charge in [-0.05, 0) is 13.0 Å². The molecule has 1 aliphatic rings. The highest BCUT2D eigenvalue weighted by Gasteiger charge is 2.37. The minimum Gasteiger partial charge on any atom is -0.480 e. The van der Waals surface area contributed by atoms with E-state index in [4.69, 9.17) is 4.74 Å². The van der Waals surface area contributed by atoms with Crippen molar-refractivity contribution in [2.75, 3.05) is 0 Å². The van der Waals surface area contributed by atoms with E-state index in [1.807, 2.05) is 0 Å². The Hall–Kier alpha value is -1.12. The lowest BCUT2D eigenvalue weighted by Crippen LogP contribution is -2.37. The summed E-state index contributed by atoms with van der Waals surface area (Å²) in [7, 11) is 0. The molecule has 1 heterocycles. The van der Waals surface area contributed by atoms with Crippen LogP contribution in [0.2, 0.25) is 0 Å².